The number of amides is 1. The van der Waals surface area contributed by atoms with Gasteiger partial charge in [-0.1, -0.05) is 29.8 Å². The number of aryl methyl sites for hydroxylation is 1. The molecular formula is C20H25N3O3. The molecule has 0 aromatic heterocycles. The van der Waals surface area contributed by atoms with Gasteiger partial charge >= 0.3 is 0 Å². The summed E-state index contributed by atoms with van der Waals surface area (Å²) in [7, 11) is 3.23. The van der Waals surface area contributed by atoms with Gasteiger partial charge in [-0.25, -0.2) is 10.9 Å². The standard InChI is InChI=1S/C20H25N3O3/c1-13-4-6-14(7-5-13)17-11-18(23-22-17)20(24)21-12-15-10-16(25-2)8-9-19(15)26-3/h4-10,17-18,22-23H,11-12H2,1-3H3,(H,21,24). The summed E-state index contributed by atoms with van der Waals surface area (Å²) in [5.41, 5.74) is 9.57. The van der Waals surface area contributed by atoms with Crippen LogP contribution in [0.4, 0.5) is 0 Å². The molecule has 3 rings (SSSR count). The van der Waals surface area contributed by atoms with Crippen molar-refractivity contribution >= 4 is 5.91 Å². The Balaban J connectivity index is 1.58. The van der Waals surface area contributed by atoms with Gasteiger partial charge in [0, 0.05) is 18.2 Å². The van der Waals surface area contributed by atoms with Crippen LogP contribution < -0.4 is 25.6 Å². The van der Waals surface area contributed by atoms with E-state index in [1.54, 1.807) is 14.2 Å². The van der Waals surface area contributed by atoms with Crippen LogP contribution in [0.3, 0.4) is 0 Å². The van der Waals surface area contributed by atoms with Crippen molar-refractivity contribution in [1.29, 1.82) is 0 Å². The van der Waals surface area contributed by atoms with Crippen LogP contribution in [0.2, 0.25) is 0 Å². The summed E-state index contributed by atoms with van der Waals surface area (Å²) in [5.74, 6) is 1.41. The molecule has 1 heterocycles. The lowest BCUT2D eigenvalue weighted by Gasteiger charge is -2.14. The largest absolute Gasteiger partial charge is 0.497 e. The molecule has 1 fully saturated rings. The molecule has 3 N–H and O–H groups in total. The zero-order valence-electron chi connectivity index (χ0n) is 15.3. The maximum absolute atomic E-state index is 12.5. The zero-order valence-corrected chi connectivity index (χ0v) is 15.3. The molecule has 0 spiro atoms. The van der Waals surface area contributed by atoms with E-state index in [-0.39, 0.29) is 18.0 Å². The van der Waals surface area contributed by atoms with Crippen LogP contribution in [0.25, 0.3) is 0 Å². The fourth-order valence-corrected chi connectivity index (χ4v) is 3.07. The number of carbonyl (C=O) groups excluding carboxylic acids is 1. The molecule has 0 saturated carbocycles. The van der Waals surface area contributed by atoms with Crippen LogP contribution in [-0.2, 0) is 11.3 Å². The third kappa shape index (κ3) is 4.15. The molecule has 2 aromatic carbocycles. The molecule has 1 saturated heterocycles. The van der Waals surface area contributed by atoms with Gasteiger partial charge in [-0.05, 0) is 37.1 Å². The van der Waals surface area contributed by atoms with E-state index >= 15 is 0 Å². The zero-order chi connectivity index (χ0) is 18.5. The first-order chi connectivity index (χ1) is 12.6. The Hall–Kier alpha value is -2.57. The number of benzene rings is 2. The van der Waals surface area contributed by atoms with E-state index in [2.05, 4.69) is 47.4 Å². The van der Waals surface area contributed by atoms with Crippen molar-refractivity contribution in [1.82, 2.24) is 16.2 Å². The number of methoxy groups -OCH3 is 2. The van der Waals surface area contributed by atoms with Crippen LogP contribution in [-0.4, -0.2) is 26.2 Å². The Kier molecular flexibility index (Phi) is 5.75. The van der Waals surface area contributed by atoms with Gasteiger partial charge in [-0.15, -0.1) is 0 Å². The maximum atomic E-state index is 12.5. The molecular weight excluding hydrogens is 330 g/mol. The minimum absolute atomic E-state index is 0.0445. The molecule has 2 unspecified atom stereocenters. The van der Waals surface area contributed by atoms with Crippen LogP contribution in [0.15, 0.2) is 42.5 Å². The first-order valence-corrected chi connectivity index (χ1v) is 8.67. The lowest BCUT2D eigenvalue weighted by Crippen LogP contribution is -2.42. The number of ether oxygens (including phenoxy) is 2. The summed E-state index contributed by atoms with van der Waals surface area (Å²) >= 11 is 0. The SMILES string of the molecule is COc1ccc(OC)c(CNC(=O)C2CC(c3ccc(C)cc3)NN2)c1. The summed E-state index contributed by atoms with van der Waals surface area (Å²) in [6.07, 6.45) is 0.699. The van der Waals surface area contributed by atoms with Crippen molar-refractivity contribution in [3.63, 3.8) is 0 Å². The number of hydrogen-bond acceptors (Lipinski definition) is 5. The predicted octanol–water partition coefficient (Wildman–Crippen LogP) is 2.24. The van der Waals surface area contributed by atoms with E-state index in [4.69, 9.17) is 9.47 Å². The number of carbonyl (C=O) groups is 1. The first-order valence-electron chi connectivity index (χ1n) is 8.67. The second-order valence-corrected chi connectivity index (χ2v) is 6.44. The van der Waals surface area contributed by atoms with Gasteiger partial charge in [0.15, 0.2) is 0 Å². The van der Waals surface area contributed by atoms with Crippen molar-refractivity contribution in [2.75, 3.05) is 14.2 Å². The molecule has 26 heavy (non-hydrogen) atoms. The predicted molar refractivity (Wildman–Crippen MR) is 100.0 cm³/mol. The van der Waals surface area contributed by atoms with E-state index < -0.39 is 0 Å². The van der Waals surface area contributed by atoms with Crippen molar-refractivity contribution in [3.05, 3.63) is 59.2 Å². The fourth-order valence-electron chi connectivity index (χ4n) is 3.07. The van der Waals surface area contributed by atoms with Crippen molar-refractivity contribution < 1.29 is 14.3 Å². The fraction of sp³-hybridized carbons (Fsp3) is 0.350. The number of nitrogens with one attached hydrogen (secondary N) is 3. The van der Waals surface area contributed by atoms with Gasteiger partial charge in [0.2, 0.25) is 5.91 Å². The summed E-state index contributed by atoms with van der Waals surface area (Å²) in [5, 5.41) is 2.97. The minimum Gasteiger partial charge on any atom is -0.497 e. The van der Waals surface area contributed by atoms with Gasteiger partial charge in [0.25, 0.3) is 0 Å². The van der Waals surface area contributed by atoms with E-state index in [1.165, 1.54) is 11.1 Å². The summed E-state index contributed by atoms with van der Waals surface area (Å²) in [6.45, 7) is 2.44. The maximum Gasteiger partial charge on any atom is 0.238 e. The van der Waals surface area contributed by atoms with Crippen LogP contribution in [0.1, 0.15) is 29.2 Å². The molecule has 6 heteroatoms. The number of hydrogen-bond donors (Lipinski definition) is 3. The molecule has 1 aliphatic heterocycles. The van der Waals surface area contributed by atoms with Crippen LogP contribution in [0.5, 0.6) is 11.5 Å². The topological polar surface area (TPSA) is 71.6 Å². The Morgan fingerprint density at radius 1 is 1.12 bits per heavy atom. The molecule has 6 nitrogen and oxygen atoms in total. The lowest BCUT2D eigenvalue weighted by molar-refractivity contribution is -0.123. The highest BCUT2D eigenvalue weighted by molar-refractivity contribution is 5.82. The third-order valence-electron chi connectivity index (χ3n) is 4.64. The van der Waals surface area contributed by atoms with Gasteiger partial charge < -0.3 is 14.8 Å². The molecule has 0 radical (unpaired) electrons. The summed E-state index contributed by atoms with van der Waals surface area (Å²) < 4.78 is 10.6. The second-order valence-electron chi connectivity index (χ2n) is 6.44. The highest BCUT2D eigenvalue weighted by atomic mass is 16.5. The van der Waals surface area contributed by atoms with Gasteiger partial charge in [-0.3, -0.25) is 4.79 Å². The summed E-state index contributed by atoms with van der Waals surface area (Å²) in [4.78, 5) is 12.5. The highest BCUT2D eigenvalue weighted by Crippen LogP contribution is 2.25. The molecule has 138 valence electrons. The van der Waals surface area contributed by atoms with E-state index in [0.29, 0.717) is 13.0 Å². The lowest BCUT2D eigenvalue weighted by atomic mass is 10.0. The molecule has 0 bridgehead atoms. The molecule has 2 atom stereocenters. The quantitative estimate of drug-likeness (QED) is 0.741. The van der Waals surface area contributed by atoms with E-state index in [9.17, 15) is 4.79 Å². The number of rotatable bonds is 6. The van der Waals surface area contributed by atoms with Gasteiger partial charge in [-0.2, -0.15) is 0 Å². The Morgan fingerprint density at radius 2 is 1.88 bits per heavy atom. The van der Waals surface area contributed by atoms with Crippen molar-refractivity contribution in [3.8, 4) is 11.5 Å². The highest BCUT2D eigenvalue weighted by Gasteiger charge is 2.30. The third-order valence-corrected chi connectivity index (χ3v) is 4.64. The Bertz CT molecular complexity index is 761. The number of hydrazine groups is 1. The Labute approximate surface area is 153 Å². The van der Waals surface area contributed by atoms with Crippen molar-refractivity contribution in [2.45, 2.75) is 32.0 Å². The average molecular weight is 355 g/mol. The van der Waals surface area contributed by atoms with Crippen LogP contribution >= 0.6 is 0 Å². The van der Waals surface area contributed by atoms with Gasteiger partial charge in [0.1, 0.15) is 17.5 Å². The molecule has 0 aliphatic carbocycles. The monoisotopic (exact) mass is 355 g/mol. The van der Waals surface area contributed by atoms with E-state index in [1.807, 2.05) is 18.2 Å². The first kappa shape index (κ1) is 18.2. The molecule has 1 aliphatic rings. The van der Waals surface area contributed by atoms with Crippen molar-refractivity contribution in [2.24, 2.45) is 0 Å². The average Bonchev–Trinajstić information content (AvgIpc) is 3.16. The second kappa shape index (κ2) is 8.21. The summed E-state index contributed by atoms with van der Waals surface area (Å²) in [6, 6.07) is 13.7. The smallest absolute Gasteiger partial charge is 0.238 e. The Morgan fingerprint density at radius 3 is 2.58 bits per heavy atom. The molecule has 1 amide bonds. The van der Waals surface area contributed by atoms with Gasteiger partial charge in [0.05, 0.1) is 14.2 Å². The molecule has 2 aromatic rings. The van der Waals surface area contributed by atoms with Crippen LogP contribution in [0, 0.1) is 6.92 Å². The minimum atomic E-state index is -0.280. The normalized spacial score (nSPS) is 19.2. The van der Waals surface area contributed by atoms with E-state index in [0.717, 1.165) is 17.1 Å².